The van der Waals surface area contributed by atoms with E-state index in [9.17, 15) is 14.4 Å². The maximum absolute atomic E-state index is 11.7. The van der Waals surface area contributed by atoms with Crippen LogP contribution in [-0.4, -0.2) is 39.2 Å². The highest BCUT2D eigenvalue weighted by atomic mass is 16.5. The van der Waals surface area contributed by atoms with E-state index < -0.39 is 23.8 Å². The Kier molecular flexibility index (Phi) is 7.18. The molecule has 6 nitrogen and oxygen atoms in total. The molecule has 0 rings (SSSR count). The number of methoxy groups -OCH3 is 3. The molecule has 0 saturated heterocycles. The summed E-state index contributed by atoms with van der Waals surface area (Å²) in [5.74, 6) is -2.64. The Hall–Kier alpha value is -2.11. The molecule has 0 aliphatic carbocycles. The molecule has 0 aliphatic rings. The quantitative estimate of drug-likeness (QED) is 0.310. The van der Waals surface area contributed by atoms with Gasteiger partial charge in [0.1, 0.15) is 0 Å². The van der Waals surface area contributed by atoms with Crippen LogP contribution < -0.4 is 0 Å². The van der Waals surface area contributed by atoms with E-state index >= 15 is 0 Å². The molecule has 19 heavy (non-hydrogen) atoms. The van der Waals surface area contributed by atoms with Crippen LogP contribution in [0.5, 0.6) is 0 Å². The van der Waals surface area contributed by atoms with Gasteiger partial charge in [-0.1, -0.05) is 6.08 Å². The fraction of sp³-hybridized carbons (Fsp3) is 0.462. The molecule has 106 valence electrons. The number of ether oxygens (including phenoxy) is 3. The topological polar surface area (TPSA) is 78.9 Å². The van der Waals surface area contributed by atoms with Gasteiger partial charge in [-0.05, 0) is 13.3 Å². The van der Waals surface area contributed by atoms with Crippen LogP contribution >= 0.6 is 0 Å². The van der Waals surface area contributed by atoms with Gasteiger partial charge in [0, 0.05) is 11.1 Å². The van der Waals surface area contributed by atoms with Gasteiger partial charge in [-0.2, -0.15) is 0 Å². The van der Waals surface area contributed by atoms with Gasteiger partial charge in [0.2, 0.25) is 0 Å². The summed E-state index contributed by atoms with van der Waals surface area (Å²) in [7, 11) is 3.62. The minimum atomic E-state index is -0.737. The Morgan fingerprint density at radius 1 is 1.05 bits per heavy atom. The fourth-order valence-corrected chi connectivity index (χ4v) is 1.42. The van der Waals surface area contributed by atoms with Crippen LogP contribution in [0.4, 0.5) is 0 Å². The summed E-state index contributed by atoms with van der Waals surface area (Å²) in [4.78, 5) is 34.6. The molecule has 0 aromatic rings. The fourth-order valence-electron chi connectivity index (χ4n) is 1.42. The first-order valence-corrected chi connectivity index (χ1v) is 5.49. The van der Waals surface area contributed by atoms with Crippen LogP contribution in [-0.2, 0) is 28.6 Å². The molecule has 6 heteroatoms. The van der Waals surface area contributed by atoms with Crippen molar-refractivity contribution in [1.82, 2.24) is 0 Å². The summed E-state index contributed by atoms with van der Waals surface area (Å²) in [6.45, 7) is 4.93. The smallest absolute Gasteiger partial charge is 0.334 e. The Morgan fingerprint density at radius 2 is 1.58 bits per heavy atom. The second-order valence-electron chi connectivity index (χ2n) is 3.66. The second-order valence-corrected chi connectivity index (χ2v) is 3.66. The van der Waals surface area contributed by atoms with Gasteiger partial charge in [0.05, 0.1) is 27.2 Å². The monoisotopic (exact) mass is 270 g/mol. The molecular formula is C13H18O6. The van der Waals surface area contributed by atoms with Crippen molar-refractivity contribution in [2.24, 2.45) is 5.92 Å². The summed E-state index contributed by atoms with van der Waals surface area (Å²) < 4.78 is 13.7. The summed E-state index contributed by atoms with van der Waals surface area (Å²) >= 11 is 0. The molecule has 1 atom stereocenters. The van der Waals surface area contributed by atoms with E-state index in [-0.39, 0.29) is 17.6 Å². The predicted octanol–water partition coefficient (Wildman–Crippen LogP) is 1.01. The molecule has 0 radical (unpaired) electrons. The minimum Gasteiger partial charge on any atom is -0.469 e. The molecule has 0 N–H and O–H groups in total. The molecule has 0 aromatic heterocycles. The van der Waals surface area contributed by atoms with Crippen molar-refractivity contribution in [1.29, 1.82) is 0 Å². The van der Waals surface area contributed by atoms with Crippen molar-refractivity contribution >= 4 is 17.9 Å². The molecule has 0 aliphatic heterocycles. The van der Waals surface area contributed by atoms with E-state index in [1.54, 1.807) is 0 Å². The largest absolute Gasteiger partial charge is 0.469 e. The predicted molar refractivity (Wildman–Crippen MR) is 67.1 cm³/mol. The first kappa shape index (κ1) is 16.9. The lowest BCUT2D eigenvalue weighted by molar-refractivity contribution is -0.144. The van der Waals surface area contributed by atoms with Crippen molar-refractivity contribution in [2.45, 2.75) is 13.3 Å². The maximum Gasteiger partial charge on any atom is 0.334 e. The van der Waals surface area contributed by atoms with Crippen molar-refractivity contribution in [3.63, 3.8) is 0 Å². The average Bonchev–Trinajstić information content (AvgIpc) is 2.45. The lowest BCUT2D eigenvalue weighted by Gasteiger charge is -2.13. The van der Waals surface area contributed by atoms with Crippen LogP contribution in [0.25, 0.3) is 0 Å². The van der Waals surface area contributed by atoms with Crippen LogP contribution in [0, 0.1) is 5.92 Å². The van der Waals surface area contributed by atoms with Crippen molar-refractivity contribution in [2.75, 3.05) is 21.3 Å². The Balaban J connectivity index is 5.40. The van der Waals surface area contributed by atoms with E-state index in [2.05, 4.69) is 20.8 Å². The van der Waals surface area contributed by atoms with Gasteiger partial charge in [-0.3, -0.25) is 4.79 Å². The van der Waals surface area contributed by atoms with Gasteiger partial charge in [-0.15, -0.1) is 6.58 Å². The van der Waals surface area contributed by atoms with Gasteiger partial charge in [0.15, 0.2) is 0 Å². The summed E-state index contributed by atoms with van der Waals surface area (Å²) in [5.41, 5.74) is 0.148. The number of hydrogen-bond donors (Lipinski definition) is 0. The summed E-state index contributed by atoms with van der Waals surface area (Å²) in [5, 5.41) is 0. The molecular weight excluding hydrogens is 252 g/mol. The van der Waals surface area contributed by atoms with E-state index in [0.29, 0.717) is 0 Å². The Bertz CT molecular complexity index is 407. The normalized spacial score (nSPS) is 12.8. The lowest BCUT2D eigenvalue weighted by Crippen LogP contribution is -2.20. The van der Waals surface area contributed by atoms with Gasteiger partial charge < -0.3 is 14.2 Å². The summed E-state index contributed by atoms with van der Waals surface area (Å²) in [6.07, 6.45) is 1.31. The first-order valence-electron chi connectivity index (χ1n) is 5.49. The van der Waals surface area contributed by atoms with Gasteiger partial charge >= 0.3 is 17.9 Å². The highest BCUT2D eigenvalue weighted by Crippen LogP contribution is 2.20. The van der Waals surface area contributed by atoms with Crippen molar-refractivity contribution in [3.05, 3.63) is 23.8 Å². The third-order valence-corrected chi connectivity index (χ3v) is 2.59. The molecule has 0 heterocycles. The molecule has 0 fully saturated rings. The number of carbonyl (C=O) groups excluding carboxylic acids is 3. The Morgan fingerprint density at radius 3 is 1.95 bits per heavy atom. The number of carbonyl (C=O) groups is 3. The van der Waals surface area contributed by atoms with Crippen LogP contribution in [0.3, 0.4) is 0 Å². The lowest BCUT2D eigenvalue weighted by atomic mass is 9.96. The third-order valence-electron chi connectivity index (χ3n) is 2.59. The average molecular weight is 270 g/mol. The third kappa shape index (κ3) is 4.57. The molecule has 0 aromatic carbocycles. The van der Waals surface area contributed by atoms with E-state index in [0.717, 1.165) is 0 Å². The molecule has 0 saturated carbocycles. The highest BCUT2D eigenvalue weighted by molar-refractivity contribution is 6.00. The van der Waals surface area contributed by atoms with Crippen molar-refractivity contribution in [3.8, 4) is 0 Å². The molecule has 0 amide bonds. The zero-order valence-electron chi connectivity index (χ0n) is 11.5. The zero-order chi connectivity index (χ0) is 15.0. The molecule has 0 bridgehead atoms. The maximum atomic E-state index is 11.7. The van der Waals surface area contributed by atoms with Crippen LogP contribution in [0.2, 0.25) is 0 Å². The summed E-state index contributed by atoms with van der Waals surface area (Å²) in [6, 6.07) is 0. The molecule has 1 unspecified atom stereocenters. The van der Waals surface area contributed by atoms with Gasteiger partial charge in [0.25, 0.3) is 0 Å². The van der Waals surface area contributed by atoms with Gasteiger partial charge in [-0.25, -0.2) is 9.59 Å². The van der Waals surface area contributed by atoms with Crippen LogP contribution in [0.15, 0.2) is 23.8 Å². The van der Waals surface area contributed by atoms with E-state index in [1.165, 1.54) is 34.3 Å². The minimum absolute atomic E-state index is 0.0379. The highest BCUT2D eigenvalue weighted by Gasteiger charge is 2.25. The molecule has 0 spiro atoms. The number of hydrogen-bond acceptors (Lipinski definition) is 6. The van der Waals surface area contributed by atoms with Crippen molar-refractivity contribution < 1.29 is 28.6 Å². The number of rotatable bonds is 6. The van der Waals surface area contributed by atoms with Crippen LogP contribution in [0.1, 0.15) is 13.3 Å². The number of esters is 3. The van der Waals surface area contributed by atoms with E-state index in [4.69, 9.17) is 0 Å². The first-order chi connectivity index (χ1) is 8.92. The zero-order valence-corrected chi connectivity index (χ0v) is 11.5. The standard InChI is InChI=1S/C13H18O6/c1-6-9(12(15)18-4)7-10(13(16)19-5)8(2)11(14)17-3/h6,9H,1,7H2,2-5H3/b10-8-. The SMILES string of the molecule is C=CC(C/C(C(=O)OC)=C(\C)C(=O)OC)C(=O)OC. The Labute approximate surface area is 112 Å². The second kappa shape index (κ2) is 8.07. The van der Waals surface area contributed by atoms with E-state index in [1.807, 2.05) is 0 Å².